The maximum atomic E-state index is 4.57. The Bertz CT molecular complexity index is 835. The number of aryl methyl sites for hydroxylation is 1. The number of nitrogens with one attached hydrogen (secondary N) is 1. The molecule has 2 aromatic heterocycles. The van der Waals surface area contributed by atoms with Gasteiger partial charge in [0.2, 0.25) is 5.65 Å². The highest BCUT2D eigenvalue weighted by Gasteiger charge is 2.16. The third kappa shape index (κ3) is 3.79. The van der Waals surface area contributed by atoms with E-state index < -0.39 is 0 Å². The molecule has 3 aromatic rings. The van der Waals surface area contributed by atoms with Gasteiger partial charge in [-0.25, -0.2) is 0 Å². The van der Waals surface area contributed by atoms with Crippen LogP contribution in [0.15, 0.2) is 36.7 Å². The van der Waals surface area contributed by atoms with Gasteiger partial charge in [-0.2, -0.15) is 9.61 Å². The molecular weight excluding hydrogens is 312 g/mol. The summed E-state index contributed by atoms with van der Waals surface area (Å²) in [5.41, 5.74) is 5.31. The number of benzene rings is 1. The van der Waals surface area contributed by atoms with Gasteiger partial charge < -0.3 is 10.2 Å². The average Bonchev–Trinajstić information content (AvgIpc) is 3.04. The first-order chi connectivity index (χ1) is 12.0. The summed E-state index contributed by atoms with van der Waals surface area (Å²) in [6.45, 7) is 7.16. The minimum absolute atomic E-state index is 0.263. The molecular formula is C19H26N6. The molecule has 0 saturated carbocycles. The van der Waals surface area contributed by atoms with Gasteiger partial charge in [0.05, 0.1) is 17.4 Å². The van der Waals surface area contributed by atoms with Crippen LogP contribution < -0.4 is 5.32 Å². The van der Waals surface area contributed by atoms with Crippen molar-refractivity contribution in [2.45, 2.75) is 32.7 Å². The first-order valence-electron chi connectivity index (χ1n) is 8.63. The summed E-state index contributed by atoms with van der Waals surface area (Å²) in [5.74, 6) is 0.342. The highest BCUT2D eigenvalue weighted by Crippen LogP contribution is 2.23. The minimum Gasteiger partial charge on any atom is -0.380 e. The molecule has 0 aliphatic rings. The fraction of sp³-hybridized carbons (Fsp3) is 0.421. The van der Waals surface area contributed by atoms with Crippen LogP contribution in [0.2, 0.25) is 0 Å². The third-order valence-corrected chi connectivity index (χ3v) is 4.45. The largest absolute Gasteiger partial charge is 0.380 e. The Morgan fingerprint density at radius 3 is 2.52 bits per heavy atom. The van der Waals surface area contributed by atoms with Crippen LogP contribution in [0.25, 0.3) is 5.65 Å². The summed E-state index contributed by atoms with van der Waals surface area (Å²) in [6.07, 6.45) is 1.65. The van der Waals surface area contributed by atoms with Crippen LogP contribution in [0.3, 0.4) is 0 Å². The molecule has 6 nitrogen and oxygen atoms in total. The Balaban J connectivity index is 1.87. The van der Waals surface area contributed by atoms with Gasteiger partial charge in [-0.1, -0.05) is 43.7 Å². The topological polar surface area (TPSA) is 58.4 Å². The molecule has 0 aliphatic heterocycles. The summed E-state index contributed by atoms with van der Waals surface area (Å²) in [4.78, 5) is 2.23. The second-order valence-electron chi connectivity index (χ2n) is 7.01. The van der Waals surface area contributed by atoms with E-state index in [-0.39, 0.29) is 6.04 Å². The molecule has 0 spiro atoms. The quantitative estimate of drug-likeness (QED) is 0.747. The summed E-state index contributed by atoms with van der Waals surface area (Å²) < 4.78 is 1.74. The molecule has 1 N–H and O–H groups in total. The van der Waals surface area contributed by atoms with Gasteiger partial charge in [0.15, 0.2) is 0 Å². The van der Waals surface area contributed by atoms with Crippen molar-refractivity contribution in [3.8, 4) is 0 Å². The SMILES string of the molecule is Cc1ccc(C(CNc2cc(C(C)C)nn3cnnc23)N(C)C)cc1. The molecule has 1 aromatic carbocycles. The van der Waals surface area contributed by atoms with E-state index in [1.54, 1.807) is 10.8 Å². The average molecular weight is 338 g/mol. The molecule has 1 atom stereocenters. The Kier molecular flexibility index (Phi) is 4.99. The number of nitrogens with zero attached hydrogens (tertiary/aromatic N) is 5. The van der Waals surface area contributed by atoms with Gasteiger partial charge in [0.25, 0.3) is 0 Å². The number of rotatable bonds is 6. The van der Waals surface area contributed by atoms with Gasteiger partial charge in [0.1, 0.15) is 6.33 Å². The van der Waals surface area contributed by atoms with Crippen molar-refractivity contribution in [3.05, 3.63) is 53.5 Å². The zero-order valence-electron chi connectivity index (χ0n) is 15.6. The third-order valence-electron chi connectivity index (χ3n) is 4.45. The van der Waals surface area contributed by atoms with Crippen LogP contribution in [-0.2, 0) is 0 Å². The predicted octanol–water partition coefficient (Wildman–Crippen LogP) is 3.27. The van der Waals surface area contributed by atoms with Crippen LogP contribution in [0.1, 0.15) is 42.6 Å². The van der Waals surface area contributed by atoms with Crippen LogP contribution in [0.5, 0.6) is 0 Å². The highest BCUT2D eigenvalue weighted by molar-refractivity contribution is 5.66. The molecule has 0 radical (unpaired) electrons. The summed E-state index contributed by atoms with van der Waals surface area (Å²) in [6, 6.07) is 11.1. The Labute approximate surface area is 148 Å². The van der Waals surface area contributed by atoms with E-state index in [1.165, 1.54) is 11.1 Å². The van der Waals surface area contributed by atoms with E-state index in [0.717, 1.165) is 23.6 Å². The summed E-state index contributed by atoms with van der Waals surface area (Å²) >= 11 is 0. The second kappa shape index (κ2) is 7.19. The molecule has 0 bridgehead atoms. The smallest absolute Gasteiger partial charge is 0.200 e. The van der Waals surface area contributed by atoms with Gasteiger partial charge in [-0.05, 0) is 38.6 Å². The molecule has 6 heteroatoms. The lowest BCUT2D eigenvalue weighted by Crippen LogP contribution is -2.27. The zero-order valence-corrected chi connectivity index (χ0v) is 15.6. The molecule has 2 heterocycles. The van der Waals surface area contributed by atoms with Crippen molar-refractivity contribution < 1.29 is 0 Å². The lowest BCUT2D eigenvalue weighted by Gasteiger charge is -2.26. The van der Waals surface area contributed by atoms with Crippen molar-refractivity contribution in [1.29, 1.82) is 0 Å². The van der Waals surface area contributed by atoms with E-state index in [1.807, 2.05) is 0 Å². The van der Waals surface area contributed by atoms with Gasteiger partial charge in [-0.15, -0.1) is 10.2 Å². The van der Waals surface area contributed by atoms with Gasteiger partial charge in [-0.3, -0.25) is 0 Å². The number of aromatic nitrogens is 4. The monoisotopic (exact) mass is 338 g/mol. The Hall–Kier alpha value is -2.47. The first-order valence-corrected chi connectivity index (χ1v) is 8.63. The van der Waals surface area contributed by atoms with Crippen LogP contribution in [0, 0.1) is 6.92 Å². The van der Waals surface area contributed by atoms with Crippen molar-refractivity contribution in [1.82, 2.24) is 24.7 Å². The van der Waals surface area contributed by atoms with E-state index >= 15 is 0 Å². The Morgan fingerprint density at radius 1 is 1.16 bits per heavy atom. The normalized spacial score (nSPS) is 12.9. The molecule has 0 aliphatic carbocycles. The molecule has 0 saturated heterocycles. The maximum absolute atomic E-state index is 4.57. The van der Waals surface area contributed by atoms with Crippen LogP contribution in [0.4, 0.5) is 5.69 Å². The number of fused-ring (bicyclic) bond motifs is 1. The molecule has 0 amide bonds. The van der Waals surface area contributed by atoms with Gasteiger partial charge in [0, 0.05) is 6.54 Å². The first kappa shape index (κ1) is 17.4. The predicted molar refractivity (Wildman–Crippen MR) is 101 cm³/mol. The Morgan fingerprint density at radius 2 is 1.88 bits per heavy atom. The summed E-state index contributed by atoms with van der Waals surface area (Å²) in [5, 5.41) is 16.3. The number of hydrogen-bond donors (Lipinski definition) is 1. The zero-order chi connectivity index (χ0) is 18.0. The molecule has 132 valence electrons. The van der Waals surface area contributed by atoms with Gasteiger partial charge >= 0.3 is 0 Å². The highest BCUT2D eigenvalue weighted by atomic mass is 15.3. The fourth-order valence-corrected chi connectivity index (χ4v) is 2.85. The van der Waals surface area contributed by atoms with Crippen LogP contribution >= 0.6 is 0 Å². The van der Waals surface area contributed by atoms with E-state index in [9.17, 15) is 0 Å². The lowest BCUT2D eigenvalue weighted by atomic mass is 10.0. The van der Waals surface area contributed by atoms with E-state index in [0.29, 0.717) is 5.92 Å². The van der Waals surface area contributed by atoms with Crippen molar-refractivity contribution in [3.63, 3.8) is 0 Å². The second-order valence-corrected chi connectivity index (χ2v) is 7.01. The molecule has 0 fully saturated rings. The maximum Gasteiger partial charge on any atom is 0.200 e. The van der Waals surface area contributed by atoms with Crippen molar-refractivity contribution in [2.24, 2.45) is 0 Å². The van der Waals surface area contributed by atoms with Crippen molar-refractivity contribution >= 4 is 11.3 Å². The molecule has 25 heavy (non-hydrogen) atoms. The standard InChI is InChI=1S/C19H26N6/c1-13(2)16-10-17(19-22-21-12-25(19)23-16)20-11-18(24(4)5)15-8-6-14(3)7-9-15/h6-10,12-13,18,20H,11H2,1-5H3. The molecule has 3 rings (SSSR count). The molecule has 1 unspecified atom stereocenters. The summed E-state index contributed by atoms with van der Waals surface area (Å²) in [7, 11) is 4.20. The van der Waals surface area contributed by atoms with E-state index in [4.69, 9.17) is 0 Å². The number of anilines is 1. The van der Waals surface area contributed by atoms with Crippen LogP contribution in [-0.4, -0.2) is 45.4 Å². The minimum atomic E-state index is 0.263. The van der Waals surface area contributed by atoms with E-state index in [2.05, 4.69) is 90.7 Å². The van der Waals surface area contributed by atoms with Crippen molar-refractivity contribution in [2.75, 3.05) is 26.0 Å². The lowest BCUT2D eigenvalue weighted by molar-refractivity contribution is 0.312. The number of likely N-dealkylation sites (N-methyl/N-ethyl adjacent to an activating group) is 1. The fourth-order valence-electron chi connectivity index (χ4n) is 2.85. The number of hydrogen-bond acceptors (Lipinski definition) is 5.